The van der Waals surface area contributed by atoms with Crippen LogP contribution in [0.25, 0.3) is 11.3 Å². The highest BCUT2D eigenvalue weighted by Gasteiger charge is 2.09. The number of hydrogen-bond donors (Lipinski definition) is 1. The first-order valence-corrected chi connectivity index (χ1v) is 6.53. The Hall–Kier alpha value is -1.00. The van der Waals surface area contributed by atoms with Crippen LogP contribution in [0.2, 0.25) is 4.34 Å². The van der Waals surface area contributed by atoms with Crippen molar-refractivity contribution in [3.8, 4) is 11.3 Å². The summed E-state index contributed by atoms with van der Waals surface area (Å²) in [4.78, 5) is 0. The van der Waals surface area contributed by atoms with Crippen LogP contribution >= 0.6 is 22.9 Å². The molecule has 86 valence electrons. The lowest BCUT2D eigenvalue weighted by atomic mass is 10.2. The SMILES string of the molecule is CCCCn1cc(N)c(-c2csc(Cl)c2)n1. The summed E-state index contributed by atoms with van der Waals surface area (Å²) < 4.78 is 2.66. The third-order valence-electron chi connectivity index (χ3n) is 2.37. The largest absolute Gasteiger partial charge is 0.396 e. The summed E-state index contributed by atoms with van der Waals surface area (Å²) in [5, 5.41) is 6.45. The smallest absolute Gasteiger partial charge is 0.116 e. The lowest BCUT2D eigenvalue weighted by Gasteiger charge is -1.97. The number of nitrogen functional groups attached to an aromatic ring is 1. The molecule has 0 fully saturated rings. The van der Waals surface area contributed by atoms with E-state index in [0.29, 0.717) is 5.69 Å². The van der Waals surface area contributed by atoms with Gasteiger partial charge in [-0.15, -0.1) is 11.3 Å². The summed E-state index contributed by atoms with van der Waals surface area (Å²) in [5.41, 5.74) is 8.48. The van der Waals surface area contributed by atoms with Crippen molar-refractivity contribution in [3.63, 3.8) is 0 Å². The normalized spacial score (nSPS) is 10.9. The number of unbranched alkanes of at least 4 members (excludes halogenated alkanes) is 1. The summed E-state index contributed by atoms with van der Waals surface area (Å²) in [5.74, 6) is 0. The van der Waals surface area contributed by atoms with Gasteiger partial charge in [-0.25, -0.2) is 0 Å². The Bertz CT molecular complexity index is 475. The highest BCUT2D eigenvalue weighted by molar-refractivity contribution is 7.14. The van der Waals surface area contributed by atoms with Crippen molar-refractivity contribution in [1.82, 2.24) is 9.78 Å². The lowest BCUT2D eigenvalue weighted by Crippen LogP contribution is -1.97. The summed E-state index contributed by atoms with van der Waals surface area (Å²) in [7, 11) is 0. The van der Waals surface area contributed by atoms with Gasteiger partial charge in [-0.1, -0.05) is 24.9 Å². The third kappa shape index (κ3) is 2.39. The van der Waals surface area contributed by atoms with Gasteiger partial charge < -0.3 is 5.73 Å². The predicted octanol–water partition coefficient (Wildman–Crippen LogP) is 3.65. The van der Waals surface area contributed by atoms with Crippen molar-refractivity contribution in [2.75, 3.05) is 5.73 Å². The summed E-state index contributed by atoms with van der Waals surface area (Å²) >= 11 is 7.39. The fourth-order valence-electron chi connectivity index (χ4n) is 1.53. The van der Waals surface area contributed by atoms with Gasteiger partial charge in [-0.2, -0.15) is 5.10 Å². The van der Waals surface area contributed by atoms with E-state index in [-0.39, 0.29) is 0 Å². The molecule has 0 unspecified atom stereocenters. The van der Waals surface area contributed by atoms with E-state index >= 15 is 0 Å². The second-order valence-electron chi connectivity index (χ2n) is 3.69. The highest BCUT2D eigenvalue weighted by Crippen LogP contribution is 2.30. The molecule has 2 N–H and O–H groups in total. The molecule has 2 heterocycles. The molecule has 0 atom stereocenters. The van der Waals surface area contributed by atoms with Crippen LogP contribution in [0.3, 0.4) is 0 Å². The van der Waals surface area contributed by atoms with Gasteiger partial charge in [0.05, 0.1) is 10.0 Å². The van der Waals surface area contributed by atoms with Crippen molar-refractivity contribution in [2.45, 2.75) is 26.3 Å². The van der Waals surface area contributed by atoms with Gasteiger partial charge in [-0.3, -0.25) is 4.68 Å². The zero-order chi connectivity index (χ0) is 11.5. The average molecular weight is 256 g/mol. The number of rotatable bonds is 4. The maximum Gasteiger partial charge on any atom is 0.116 e. The molecule has 16 heavy (non-hydrogen) atoms. The van der Waals surface area contributed by atoms with Crippen LogP contribution in [0.4, 0.5) is 5.69 Å². The van der Waals surface area contributed by atoms with Gasteiger partial charge in [0, 0.05) is 23.7 Å². The molecule has 0 saturated heterocycles. The van der Waals surface area contributed by atoms with Gasteiger partial charge in [0.2, 0.25) is 0 Å². The Kier molecular flexibility index (Phi) is 3.51. The van der Waals surface area contributed by atoms with Crippen molar-refractivity contribution >= 4 is 28.6 Å². The van der Waals surface area contributed by atoms with Gasteiger partial charge in [0.1, 0.15) is 5.69 Å². The first kappa shape index (κ1) is 11.5. The second kappa shape index (κ2) is 4.89. The van der Waals surface area contributed by atoms with E-state index in [2.05, 4.69) is 12.0 Å². The van der Waals surface area contributed by atoms with Crippen molar-refractivity contribution in [2.24, 2.45) is 0 Å². The Labute approximate surface area is 104 Å². The van der Waals surface area contributed by atoms with E-state index in [4.69, 9.17) is 17.3 Å². The lowest BCUT2D eigenvalue weighted by molar-refractivity contribution is 0.573. The molecule has 3 nitrogen and oxygen atoms in total. The summed E-state index contributed by atoms with van der Waals surface area (Å²) in [6.45, 7) is 3.07. The third-order valence-corrected chi connectivity index (χ3v) is 3.46. The first-order valence-electron chi connectivity index (χ1n) is 5.28. The van der Waals surface area contributed by atoms with E-state index in [0.717, 1.165) is 35.0 Å². The van der Waals surface area contributed by atoms with Crippen molar-refractivity contribution < 1.29 is 0 Å². The van der Waals surface area contributed by atoms with E-state index in [1.54, 1.807) is 0 Å². The Morgan fingerprint density at radius 1 is 1.56 bits per heavy atom. The van der Waals surface area contributed by atoms with Gasteiger partial charge in [0.15, 0.2) is 0 Å². The van der Waals surface area contributed by atoms with Crippen LogP contribution in [-0.4, -0.2) is 9.78 Å². The monoisotopic (exact) mass is 255 g/mol. The fourth-order valence-corrected chi connectivity index (χ4v) is 2.40. The summed E-state index contributed by atoms with van der Waals surface area (Å²) in [6, 6.07) is 1.90. The molecule has 0 aliphatic carbocycles. The number of nitrogens with two attached hydrogens (primary N) is 1. The average Bonchev–Trinajstić information content (AvgIpc) is 2.82. The molecule has 2 aromatic heterocycles. The molecule has 0 aromatic carbocycles. The molecule has 0 amide bonds. The number of aromatic nitrogens is 2. The number of halogens is 1. The molecule has 0 aliphatic heterocycles. The van der Waals surface area contributed by atoms with Crippen LogP contribution < -0.4 is 5.73 Å². The number of aryl methyl sites for hydroxylation is 1. The minimum Gasteiger partial charge on any atom is -0.396 e. The van der Waals surface area contributed by atoms with E-state index < -0.39 is 0 Å². The van der Waals surface area contributed by atoms with Crippen LogP contribution in [0, 0.1) is 0 Å². The predicted molar refractivity (Wildman–Crippen MR) is 69.9 cm³/mol. The molecular formula is C11H14ClN3S. The second-order valence-corrected chi connectivity index (χ2v) is 5.23. The van der Waals surface area contributed by atoms with Crippen molar-refractivity contribution in [1.29, 1.82) is 0 Å². The standard InChI is InChI=1S/C11H14ClN3S/c1-2-3-4-15-6-9(13)11(14-15)8-5-10(12)16-7-8/h5-7H,2-4,13H2,1H3. The highest BCUT2D eigenvalue weighted by atomic mass is 35.5. The quantitative estimate of drug-likeness (QED) is 0.906. The first-order chi connectivity index (χ1) is 7.70. The number of anilines is 1. The van der Waals surface area contributed by atoms with Gasteiger partial charge in [-0.05, 0) is 12.5 Å². The Morgan fingerprint density at radius 3 is 3.00 bits per heavy atom. The zero-order valence-electron chi connectivity index (χ0n) is 9.11. The molecule has 2 rings (SSSR count). The molecule has 0 radical (unpaired) electrons. The minimum absolute atomic E-state index is 0.713. The Balaban J connectivity index is 2.24. The van der Waals surface area contributed by atoms with Crippen LogP contribution in [0.5, 0.6) is 0 Å². The Morgan fingerprint density at radius 2 is 2.38 bits per heavy atom. The minimum atomic E-state index is 0.713. The molecule has 5 heteroatoms. The van der Waals surface area contributed by atoms with Crippen LogP contribution in [0.1, 0.15) is 19.8 Å². The number of hydrogen-bond acceptors (Lipinski definition) is 3. The van der Waals surface area contributed by atoms with E-state index in [1.807, 2.05) is 22.3 Å². The molecule has 0 aliphatic rings. The molecule has 0 spiro atoms. The fraction of sp³-hybridized carbons (Fsp3) is 0.364. The molecular weight excluding hydrogens is 242 g/mol. The number of nitrogens with zero attached hydrogens (tertiary/aromatic N) is 2. The van der Waals surface area contributed by atoms with Crippen LogP contribution in [0.15, 0.2) is 17.6 Å². The van der Waals surface area contributed by atoms with Crippen LogP contribution in [-0.2, 0) is 6.54 Å². The van der Waals surface area contributed by atoms with Gasteiger partial charge in [0.25, 0.3) is 0 Å². The maximum atomic E-state index is 5.93. The van der Waals surface area contributed by atoms with E-state index in [1.165, 1.54) is 11.3 Å². The van der Waals surface area contributed by atoms with Crippen molar-refractivity contribution in [3.05, 3.63) is 22.0 Å². The topological polar surface area (TPSA) is 43.8 Å². The molecule has 2 aromatic rings. The van der Waals surface area contributed by atoms with E-state index in [9.17, 15) is 0 Å². The number of thiophene rings is 1. The summed E-state index contributed by atoms with van der Waals surface area (Å²) in [6.07, 6.45) is 4.15. The molecule has 0 saturated carbocycles. The maximum absolute atomic E-state index is 5.93. The zero-order valence-corrected chi connectivity index (χ0v) is 10.7. The molecule has 0 bridgehead atoms. The van der Waals surface area contributed by atoms with Gasteiger partial charge >= 0.3 is 0 Å².